The molecule has 3 aromatic rings. The summed E-state index contributed by atoms with van der Waals surface area (Å²) in [5.74, 6) is -0.322. The fourth-order valence-corrected chi connectivity index (χ4v) is 5.96. The smallest absolute Gasteiger partial charge is 0.271 e. The van der Waals surface area contributed by atoms with Crippen molar-refractivity contribution in [3.63, 3.8) is 0 Å². The zero-order chi connectivity index (χ0) is 19.2. The van der Waals surface area contributed by atoms with Crippen LogP contribution >= 0.6 is 11.5 Å². The van der Waals surface area contributed by atoms with Crippen molar-refractivity contribution >= 4 is 31.6 Å². The van der Waals surface area contributed by atoms with Crippen molar-refractivity contribution in [1.29, 1.82) is 0 Å². The van der Waals surface area contributed by atoms with Gasteiger partial charge in [-0.1, -0.05) is 17.6 Å². The Bertz CT molecular complexity index is 1140. The molecule has 2 aromatic heterocycles. The molecule has 0 saturated carbocycles. The molecule has 0 atom stereocenters. The number of sulfonamides is 1. The molecule has 1 saturated heterocycles. The van der Waals surface area contributed by atoms with E-state index in [1.807, 2.05) is 0 Å². The summed E-state index contributed by atoms with van der Waals surface area (Å²) in [7, 11) is -1.86. The number of fused-ring (bicyclic) bond motifs is 1. The van der Waals surface area contributed by atoms with Crippen LogP contribution in [0.15, 0.2) is 40.5 Å². The summed E-state index contributed by atoms with van der Waals surface area (Å²) in [5.41, 5.74) is -0.309. The first kappa shape index (κ1) is 18.3. The zero-order valence-electron chi connectivity index (χ0n) is 14.7. The lowest BCUT2D eigenvalue weighted by atomic mass is 9.98. The van der Waals surface area contributed by atoms with E-state index < -0.39 is 15.8 Å². The number of rotatable bonds is 4. The van der Waals surface area contributed by atoms with Crippen molar-refractivity contribution in [2.75, 3.05) is 13.1 Å². The number of halogens is 1. The number of hydrogen-bond donors (Lipinski definition) is 0. The van der Waals surface area contributed by atoms with Gasteiger partial charge in [0.25, 0.3) is 15.6 Å². The van der Waals surface area contributed by atoms with Gasteiger partial charge in [-0.15, -0.1) is 0 Å². The second-order valence-corrected chi connectivity index (χ2v) is 9.74. The molecule has 27 heavy (non-hydrogen) atoms. The number of aryl methyl sites for hydroxylation is 1. The summed E-state index contributed by atoms with van der Waals surface area (Å²) in [6, 6.07) is 4.63. The van der Waals surface area contributed by atoms with Gasteiger partial charge in [0.05, 0.1) is 16.4 Å². The number of aromatic nitrogens is 3. The van der Waals surface area contributed by atoms with Crippen LogP contribution in [0.2, 0.25) is 0 Å². The van der Waals surface area contributed by atoms with Crippen molar-refractivity contribution in [3.8, 4) is 0 Å². The Morgan fingerprint density at radius 2 is 2.04 bits per heavy atom. The molecule has 0 unspecified atom stereocenters. The fraction of sp³-hybridized carbons (Fsp3) is 0.412. The third-order valence-corrected chi connectivity index (χ3v) is 7.76. The van der Waals surface area contributed by atoms with Gasteiger partial charge in [-0.3, -0.25) is 8.75 Å². The molecule has 0 bridgehead atoms. The van der Waals surface area contributed by atoms with Gasteiger partial charge in [-0.25, -0.2) is 17.8 Å². The van der Waals surface area contributed by atoms with Crippen LogP contribution in [0.5, 0.6) is 0 Å². The Morgan fingerprint density at radius 3 is 2.67 bits per heavy atom. The first-order valence-electron chi connectivity index (χ1n) is 8.62. The molecule has 1 aliphatic heterocycles. The minimum Gasteiger partial charge on any atom is -0.339 e. The van der Waals surface area contributed by atoms with Crippen LogP contribution in [-0.4, -0.2) is 39.3 Å². The molecule has 0 spiro atoms. The highest BCUT2D eigenvalue weighted by Gasteiger charge is 2.31. The van der Waals surface area contributed by atoms with E-state index in [1.54, 1.807) is 27.7 Å². The van der Waals surface area contributed by atoms with Crippen LogP contribution in [0, 0.1) is 11.7 Å². The highest BCUT2D eigenvalue weighted by Crippen LogP contribution is 2.26. The van der Waals surface area contributed by atoms with Gasteiger partial charge in [-0.2, -0.15) is 4.31 Å². The molecule has 7 nitrogen and oxygen atoms in total. The van der Waals surface area contributed by atoms with E-state index in [0.29, 0.717) is 37.2 Å². The molecule has 1 aromatic carbocycles. The van der Waals surface area contributed by atoms with E-state index in [1.165, 1.54) is 34.4 Å². The monoisotopic (exact) mass is 410 g/mol. The van der Waals surface area contributed by atoms with Crippen LogP contribution < -0.4 is 5.56 Å². The Labute approximate surface area is 159 Å². The quantitative estimate of drug-likeness (QED) is 0.660. The number of piperidine rings is 1. The van der Waals surface area contributed by atoms with Crippen molar-refractivity contribution in [1.82, 2.24) is 17.8 Å². The second-order valence-electron chi connectivity index (χ2n) is 6.80. The first-order valence-corrected chi connectivity index (χ1v) is 10.8. The molecule has 1 aliphatic rings. The predicted molar refractivity (Wildman–Crippen MR) is 101 cm³/mol. The molecule has 1 fully saturated rings. The van der Waals surface area contributed by atoms with Gasteiger partial charge in [0.1, 0.15) is 5.82 Å². The summed E-state index contributed by atoms with van der Waals surface area (Å²) in [6.45, 7) is 1.25. The highest BCUT2D eigenvalue weighted by molar-refractivity contribution is 7.89. The summed E-state index contributed by atoms with van der Waals surface area (Å²) in [4.78, 5) is 16.4. The second kappa shape index (κ2) is 6.84. The Balaban J connectivity index is 1.47. The van der Waals surface area contributed by atoms with E-state index in [2.05, 4.69) is 4.98 Å². The Morgan fingerprint density at radius 1 is 1.30 bits per heavy atom. The van der Waals surface area contributed by atoms with E-state index in [9.17, 15) is 17.6 Å². The van der Waals surface area contributed by atoms with Crippen LogP contribution in [-0.2, 0) is 23.6 Å². The van der Waals surface area contributed by atoms with E-state index in [0.717, 1.165) is 0 Å². The standard InChI is InChI=1S/C17H19FN4O3S2/c1-20-10-15(19-11-20)27(24,25)21-7-5-12(6-8-21)9-22-17(23)16-13(18)3-2-4-14(16)26-22/h2-4,10-12H,5-9H2,1H3. The van der Waals surface area contributed by atoms with Crippen LogP contribution in [0.4, 0.5) is 4.39 Å². The van der Waals surface area contributed by atoms with Crippen molar-refractivity contribution in [2.24, 2.45) is 13.0 Å². The van der Waals surface area contributed by atoms with E-state index >= 15 is 0 Å². The van der Waals surface area contributed by atoms with Gasteiger partial charge in [0.15, 0.2) is 5.03 Å². The SMILES string of the molecule is Cn1cnc(S(=O)(=O)N2CCC(Cn3sc4cccc(F)c4c3=O)CC2)c1. The maximum Gasteiger partial charge on any atom is 0.271 e. The van der Waals surface area contributed by atoms with Crippen molar-refractivity contribution < 1.29 is 12.8 Å². The lowest BCUT2D eigenvalue weighted by Crippen LogP contribution is -2.39. The molecule has 4 rings (SSSR count). The van der Waals surface area contributed by atoms with Crippen LogP contribution in [0.3, 0.4) is 0 Å². The predicted octanol–water partition coefficient (Wildman–Crippen LogP) is 2.04. The summed E-state index contributed by atoms with van der Waals surface area (Å²) < 4.78 is 44.4. The van der Waals surface area contributed by atoms with Gasteiger partial charge in [0, 0.05) is 32.9 Å². The summed E-state index contributed by atoms with van der Waals surface area (Å²) in [5, 5.41) is 0.192. The Kier molecular flexibility index (Phi) is 4.65. The number of imidazole rings is 1. The third-order valence-electron chi connectivity index (χ3n) is 4.91. The third kappa shape index (κ3) is 3.32. The summed E-state index contributed by atoms with van der Waals surface area (Å²) >= 11 is 1.26. The maximum absolute atomic E-state index is 13.9. The molecular formula is C17H19FN4O3S2. The van der Waals surface area contributed by atoms with Crippen LogP contribution in [0.25, 0.3) is 10.1 Å². The van der Waals surface area contributed by atoms with Crippen molar-refractivity contribution in [2.45, 2.75) is 24.4 Å². The average Bonchev–Trinajstić information content (AvgIpc) is 3.21. The van der Waals surface area contributed by atoms with Crippen LogP contribution in [0.1, 0.15) is 12.8 Å². The molecule has 10 heteroatoms. The first-order chi connectivity index (χ1) is 12.9. The van der Waals surface area contributed by atoms with E-state index in [4.69, 9.17) is 0 Å². The summed E-state index contributed by atoms with van der Waals surface area (Å²) in [6.07, 6.45) is 4.25. The van der Waals surface area contributed by atoms with Gasteiger partial charge in [0.2, 0.25) is 0 Å². The molecular weight excluding hydrogens is 391 g/mol. The number of hydrogen-bond acceptors (Lipinski definition) is 5. The van der Waals surface area contributed by atoms with E-state index in [-0.39, 0.29) is 21.9 Å². The minimum atomic E-state index is -3.59. The molecule has 0 aliphatic carbocycles. The molecule has 0 N–H and O–H groups in total. The van der Waals surface area contributed by atoms with Crippen molar-refractivity contribution in [3.05, 3.63) is 46.9 Å². The minimum absolute atomic E-state index is 0.0552. The molecule has 144 valence electrons. The lowest BCUT2D eigenvalue weighted by Gasteiger charge is -2.30. The van der Waals surface area contributed by atoms with Gasteiger partial charge in [-0.05, 0) is 30.9 Å². The highest BCUT2D eigenvalue weighted by atomic mass is 32.2. The lowest BCUT2D eigenvalue weighted by molar-refractivity contribution is 0.255. The molecule has 3 heterocycles. The topological polar surface area (TPSA) is 77.2 Å². The fourth-order valence-electron chi connectivity index (χ4n) is 3.41. The van der Waals surface area contributed by atoms with Gasteiger partial charge < -0.3 is 4.57 Å². The Hall–Kier alpha value is -2.04. The maximum atomic E-state index is 13.9. The number of benzene rings is 1. The number of nitrogens with zero attached hydrogens (tertiary/aromatic N) is 4. The molecule has 0 radical (unpaired) electrons. The zero-order valence-corrected chi connectivity index (χ0v) is 16.3. The van der Waals surface area contributed by atoms with Gasteiger partial charge >= 0.3 is 0 Å². The largest absolute Gasteiger partial charge is 0.339 e. The normalized spacial score (nSPS) is 17.0. The average molecular weight is 410 g/mol. The molecule has 0 amide bonds.